The Balaban J connectivity index is 2.98. The Morgan fingerprint density at radius 3 is 2.67 bits per heavy atom. The van der Waals surface area contributed by atoms with Crippen molar-refractivity contribution in [2.24, 2.45) is 5.14 Å². The van der Waals surface area contributed by atoms with Crippen LogP contribution in [0.1, 0.15) is 0 Å². The maximum absolute atomic E-state index is 10.6. The maximum atomic E-state index is 10.6. The van der Waals surface area contributed by atoms with Gasteiger partial charge in [-0.3, -0.25) is 0 Å². The van der Waals surface area contributed by atoms with Gasteiger partial charge in [-0.05, 0) is 0 Å². The van der Waals surface area contributed by atoms with Crippen molar-refractivity contribution >= 4 is 51.2 Å². The minimum absolute atomic E-state index is 0.778. The minimum atomic E-state index is -1.27. The first kappa shape index (κ1) is 7.83. The molecule has 1 rings (SSSR count). The summed E-state index contributed by atoms with van der Waals surface area (Å²) in [6.07, 6.45) is 0. The van der Waals surface area contributed by atoms with Crippen LogP contribution >= 0.6 is 11.3 Å². The van der Waals surface area contributed by atoms with E-state index in [4.69, 9.17) is 5.14 Å². The zero-order valence-electron chi connectivity index (χ0n) is 4.46. The molecule has 0 saturated carbocycles. The fourth-order valence-corrected chi connectivity index (χ4v) is 3.76. The van der Waals surface area contributed by atoms with Crippen molar-refractivity contribution < 1.29 is 4.21 Å². The molecule has 0 amide bonds. The van der Waals surface area contributed by atoms with Crippen molar-refractivity contribution in [3.8, 4) is 0 Å². The molecule has 0 fully saturated rings. The molecular weight excluding hydrogens is 349 g/mol. The van der Waals surface area contributed by atoms with Crippen molar-refractivity contribution in [1.82, 2.24) is 0 Å². The Hall–Kier alpha value is 0.732. The van der Waals surface area contributed by atoms with Gasteiger partial charge in [0.1, 0.15) is 0 Å². The second-order valence-electron chi connectivity index (χ2n) is 1.45. The van der Waals surface area contributed by atoms with Crippen LogP contribution in [-0.2, 0) is 11.0 Å². The summed E-state index contributed by atoms with van der Waals surface area (Å²) < 4.78 is 12.6. The Labute approximate surface area is 75.7 Å². The van der Waals surface area contributed by atoms with E-state index in [2.05, 4.69) is 0 Å². The number of thiophene rings is 1. The fourth-order valence-electron chi connectivity index (χ4n) is 0.422. The quantitative estimate of drug-likeness (QED) is 0.681. The monoisotopic (exact) mass is 354 g/mol. The van der Waals surface area contributed by atoms with Gasteiger partial charge in [-0.25, -0.2) is 0 Å². The van der Waals surface area contributed by atoms with Crippen LogP contribution in [0.4, 0.5) is 0 Å². The molecule has 0 aliphatic heterocycles. The number of nitrogens with two attached hydrogens (primary N) is 1. The zero-order chi connectivity index (χ0) is 6.85. The molecule has 1 atom stereocenters. The molecule has 0 spiro atoms. The van der Waals surface area contributed by atoms with E-state index < -0.39 is 11.0 Å². The number of hydrogen-bond donors (Lipinski definition) is 1. The van der Waals surface area contributed by atoms with Gasteiger partial charge in [-0.1, -0.05) is 0 Å². The van der Waals surface area contributed by atoms with E-state index in [9.17, 15) is 4.21 Å². The molecule has 1 aromatic rings. The first-order chi connectivity index (χ1) is 4.20. The first-order valence-electron chi connectivity index (χ1n) is 2.16. The van der Waals surface area contributed by atoms with Gasteiger partial charge in [-0.15, -0.1) is 0 Å². The molecule has 47 valence electrons. The summed E-state index contributed by atoms with van der Waals surface area (Å²) in [6, 6.07) is 1.90. The van der Waals surface area contributed by atoms with Gasteiger partial charge in [0.2, 0.25) is 0 Å². The molecule has 0 aliphatic carbocycles. The second kappa shape index (κ2) is 3.22. The molecule has 2 N–H and O–H groups in total. The molecule has 3 radical (unpaired) electrons. The molecule has 2 nitrogen and oxygen atoms in total. The Morgan fingerprint density at radius 1 is 1.78 bits per heavy atom. The summed E-state index contributed by atoms with van der Waals surface area (Å²) >= 11 is 2.48. The molecular formula is C4H4NOPbS2. The molecule has 5 heteroatoms. The first-order valence-corrected chi connectivity index (χ1v) is 6.20. The van der Waals surface area contributed by atoms with Gasteiger partial charge in [0, 0.05) is 0 Å². The summed E-state index contributed by atoms with van der Waals surface area (Å²) in [6.45, 7) is 0. The van der Waals surface area contributed by atoms with Crippen LogP contribution in [-0.4, -0.2) is 30.0 Å². The van der Waals surface area contributed by atoms with Crippen LogP contribution in [0.2, 0.25) is 0 Å². The van der Waals surface area contributed by atoms with Gasteiger partial charge < -0.3 is 0 Å². The van der Waals surface area contributed by atoms with E-state index in [-0.39, 0.29) is 0 Å². The van der Waals surface area contributed by atoms with Crippen LogP contribution in [0.3, 0.4) is 0 Å². The summed E-state index contributed by atoms with van der Waals surface area (Å²) in [4.78, 5) is 0. The Morgan fingerprint density at radius 2 is 2.44 bits per heavy atom. The Kier molecular flexibility index (Phi) is 2.80. The normalized spacial score (nSPS) is 13.6. The molecule has 0 aliphatic rings. The predicted molar refractivity (Wildman–Crippen MR) is 40.3 cm³/mol. The summed E-state index contributed by atoms with van der Waals surface area (Å²) in [5.41, 5.74) is 0. The third-order valence-electron chi connectivity index (χ3n) is 0.774. The van der Waals surface area contributed by atoms with Crippen molar-refractivity contribution in [2.45, 2.75) is 4.21 Å². The van der Waals surface area contributed by atoms with Crippen molar-refractivity contribution in [1.29, 1.82) is 0 Å². The van der Waals surface area contributed by atoms with Gasteiger partial charge in [0.05, 0.1) is 0 Å². The molecule has 1 heterocycles. The van der Waals surface area contributed by atoms with E-state index in [0.29, 0.717) is 0 Å². The molecule has 0 bridgehead atoms. The average molecular weight is 353 g/mol. The van der Waals surface area contributed by atoms with Gasteiger partial charge in [-0.2, -0.15) is 0 Å². The summed E-state index contributed by atoms with van der Waals surface area (Å²) in [7, 11) is -1.27. The fraction of sp³-hybridized carbons (Fsp3) is 0. The third-order valence-corrected chi connectivity index (χ3v) is 4.73. The molecule has 0 aromatic carbocycles. The predicted octanol–water partition coefficient (Wildman–Crippen LogP) is -0.477. The number of hydrogen-bond acceptors (Lipinski definition) is 2. The van der Waals surface area contributed by atoms with E-state index >= 15 is 0 Å². The van der Waals surface area contributed by atoms with Crippen molar-refractivity contribution in [2.75, 3.05) is 0 Å². The van der Waals surface area contributed by atoms with E-state index in [0.717, 1.165) is 30.0 Å². The zero-order valence-corrected chi connectivity index (χ0v) is 9.98. The third kappa shape index (κ3) is 2.10. The SMILES string of the molecule is NS(=O)c1c[c]([Pb])cs1. The van der Waals surface area contributed by atoms with Crippen LogP contribution in [0, 0.1) is 0 Å². The molecule has 1 unspecified atom stereocenters. The molecule has 9 heavy (non-hydrogen) atoms. The number of rotatable bonds is 1. The van der Waals surface area contributed by atoms with Gasteiger partial charge in [0.25, 0.3) is 0 Å². The van der Waals surface area contributed by atoms with Crippen LogP contribution < -0.4 is 8.26 Å². The second-order valence-corrected chi connectivity index (χ2v) is 5.90. The van der Waals surface area contributed by atoms with E-state index in [1.54, 1.807) is 0 Å². The van der Waals surface area contributed by atoms with Crippen molar-refractivity contribution in [3.05, 3.63) is 11.4 Å². The molecule has 1 aromatic heterocycles. The summed E-state index contributed by atoms with van der Waals surface area (Å²) in [5, 5.41) is 7.12. The van der Waals surface area contributed by atoms with Crippen LogP contribution in [0.5, 0.6) is 0 Å². The van der Waals surface area contributed by atoms with E-state index in [1.165, 1.54) is 14.5 Å². The standard InChI is InChI=1S/C4H4NOS2.Pb/c5-8(6)4-2-1-3-7-4;/h2-3H,5H2;. The van der Waals surface area contributed by atoms with Crippen LogP contribution in [0.15, 0.2) is 15.7 Å². The van der Waals surface area contributed by atoms with Gasteiger partial charge in [0.15, 0.2) is 0 Å². The van der Waals surface area contributed by atoms with Crippen molar-refractivity contribution in [3.63, 3.8) is 0 Å². The van der Waals surface area contributed by atoms with E-state index in [1.807, 2.05) is 11.4 Å². The Bertz CT molecular complexity index is 234. The average Bonchev–Trinajstić information content (AvgIpc) is 2.14. The molecule has 0 saturated heterocycles. The summed E-state index contributed by atoms with van der Waals surface area (Å²) in [5.74, 6) is 0. The topological polar surface area (TPSA) is 43.1 Å². The van der Waals surface area contributed by atoms with Crippen LogP contribution in [0.25, 0.3) is 0 Å². The van der Waals surface area contributed by atoms with Gasteiger partial charge >= 0.3 is 76.2 Å².